The zero-order valence-corrected chi connectivity index (χ0v) is 11.1. The summed E-state index contributed by atoms with van der Waals surface area (Å²) in [5, 5.41) is 0. The van der Waals surface area contributed by atoms with Gasteiger partial charge in [-0.05, 0) is 43.7 Å². The Kier molecular flexibility index (Phi) is 3.11. The maximum Gasteiger partial charge on any atom is 0.166 e. The van der Waals surface area contributed by atoms with Crippen LogP contribution < -0.4 is 4.90 Å². The van der Waals surface area contributed by atoms with Gasteiger partial charge in [0.25, 0.3) is 0 Å². The Bertz CT molecular complexity index is 462. The lowest BCUT2D eigenvalue weighted by molar-refractivity contribution is 0.0967. The maximum atomic E-state index is 12.1. The van der Waals surface area contributed by atoms with Gasteiger partial charge in [-0.25, -0.2) is 0 Å². The fourth-order valence-corrected chi connectivity index (χ4v) is 2.89. The van der Waals surface area contributed by atoms with E-state index < -0.39 is 0 Å². The van der Waals surface area contributed by atoms with Gasteiger partial charge in [-0.1, -0.05) is 19.1 Å². The molecule has 0 saturated heterocycles. The first-order chi connectivity index (χ1) is 8.79. The summed E-state index contributed by atoms with van der Waals surface area (Å²) in [6.45, 7) is 4.46. The molecule has 0 bridgehead atoms. The lowest BCUT2D eigenvalue weighted by Crippen LogP contribution is -2.30. The average Bonchev–Trinajstić information content (AvgIpc) is 3.22. The normalized spacial score (nSPS) is 18.6. The lowest BCUT2D eigenvalue weighted by atomic mass is 9.97. The highest BCUT2D eigenvalue weighted by Gasteiger charge is 2.31. The predicted molar refractivity (Wildman–Crippen MR) is 74.3 cm³/mol. The first-order valence-corrected chi connectivity index (χ1v) is 7.21. The minimum absolute atomic E-state index is 0.325. The molecule has 1 fully saturated rings. The fourth-order valence-electron chi connectivity index (χ4n) is 2.89. The molecule has 1 aliphatic carbocycles. The van der Waals surface area contributed by atoms with Crippen LogP contribution in [-0.2, 0) is 6.42 Å². The highest BCUT2D eigenvalue weighted by Crippen LogP contribution is 2.35. The number of carbonyl (C=O) groups excluding carboxylic acids is 1. The monoisotopic (exact) mass is 243 g/mol. The third-order valence-corrected chi connectivity index (χ3v) is 4.03. The molecule has 0 unspecified atom stereocenters. The number of nitrogens with zero attached hydrogens (tertiary/aromatic N) is 1. The van der Waals surface area contributed by atoms with Gasteiger partial charge in [0.2, 0.25) is 0 Å². The molecule has 3 rings (SSSR count). The second kappa shape index (κ2) is 4.75. The summed E-state index contributed by atoms with van der Waals surface area (Å²) < 4.78 is 0. The highest BCUT2D eigenvalue weighted by atomic mass is 16.1. The van der Waals surface area contributed by atoms with E-state index in [2.05, 4.69) is 24.0 Å². The molecular formula is C16H21NO. The van der Waals surface area contributed by atoms with E-state index in [-0.39, 0.29) is 0 Å². The van der Waals surface area contributed by atoms with Gasteiger partial charge >= 0.3 is 0 Å². The van der Waals surface area contributed by atoms with Gasteiger partial charge in [0.05, 0.1) is 0 Å². The van der Waals surface area contributed by atoms with Crippen molar-refractivity contribution in [2.75, 3.05) is 18.0 Å². The Labute approximate surface area is 109 Å². The van der Waals surface area contributed by atoms with Crippen LogP contribution in [0.5, 0.6) is 0 Å². The van der Waals surface area contributed by atoms with Crippen molar-refractivity contribution in [1.29, 1.82) is 0 Å². The Morgan fingerprint density at radius 3 is 2.94 bits per heavy atom. The van der Waals surface area contributed by atoms with E-state index in [9.17, 15) is 4.79 Å². The molecule has 0 aromatic heterocycles. The first-order valence-electron chi connectivity index (χ1n) is 7.21. The topological polar surface area (TPSA) is 20.3 Å². The molecule has 1 aromatic rings. The third-order valence-electron chi connectivity index (χ3n) is 4.03. The van der Waals surface area contributed by atoms with E-state index >= 15 is 0 Å². The van der Waals surface area contributed by atoms with Gasteiger partial charge in [0, 0.05) is 30.3 Å². The van der Waals surface area contributed by atoms with Gasteiger partial charge < -0.3 is 4.90 Å². The van der Waals surface area contributed by atoms with Crippen LogP contribution in [0.4, 0.5) is 5.69 Å². The van der Waals surface area contributed by atoms with Crippen LogP contribution in [0.15, 0.2) is 18.2 Å². The van der Waals surface area contributed by atoms with Crippen LogP contribution in [0.3, 0.4) is 0 Å². The quantitative estimate of drug-likeness (QED) is 0.755. The Hall–Kier alpha value is -1.31. The standard InChI is InChI=1S/C16H21NO/c1-2-9-17-10-3-4-12-5-8-14(11-15(12)17)16(18)13-6-7-13/h5,8,11,13H,2-4,6-7,9-10H2,1H3. The van der Waals surface area contributed by atoms with Crippen LogP contribution in [0, 0.1) is 5.92 Å². The van der Waals surface area contributed by atoms with Gasteiger partial charge in [-0.15, -0.1) is 0 Å². The van der Waals surface area contributed by atoms with Crippen molar-refractivity contribution in [3.63, 3.8) is 0 Å². The largest absolute Gasteiger partial charge is 0.371 e. The minimum Gasteiger partial charge on any atom is -0.371 e. The zero-order chi connectivity index (χ0) is 12.5. The smallest absolute Gasteiger partial charge is 0.166 e. The molecule has 0 atom stereocenters. The van der Waals surface area contributed by atoms with Gasteiger partial charge in [0.15, 0.2) is 5.78 Å². The first kappa shape index (κ1) is 11.8. The number of hydrogen-bond acceptors (Lipinski definition) is 2. The number of Topliss-reactive ketones (excluding diaryl/α,β-unsaturated/α-hetero) is 1. The van der Waals surface area contributed by atoms with E-state index in [1.165, 1.54) is 24.1 Å². The van der Waals surface area contributed by atoms with Crippen molar-refractivity contribution < 1.29 is 4.79 Å². The summed E-state index contributed by atoms with van der Waals surface area (Å²) in [6.07, 6.45) is 5.75. The van der Waals surface area contributed by atoms with Crippen LogP contribution in [0.25, 0.3) is 0 Å². The number of ketones is 1. The highest BCUT2D eigenvalue weighted by molar-refractivity contribution is 6.00. The molecule has 0 N–H and O–H groups in total. The van der Waals surface area contributed by atoms with E-state index in [0.29, 0.717) is 11.7 Å². The van der Waals surface area contributed by atoms with Gasteiger partial charge in [-0.3, -0.25) is 4.79 Å². The summed E-state index contributed by atoms with van der Waals surface area (Å²) in [7, 11) is 0. The fraction of sp³-hybridized carbons (Fsp3) is 0.562. The molecule has 1 aliphatic heterocycles. The molecule has 1 saturated carbocycles. The van der Waals surface area contributed by atoms with Crippen molar-refractivity contribution >= 4 is 11.5 Å². The Morgan fingerprint density at radius 1 is 1.39 bits per heavy atom. The van der Waals surface area contributed by atoms with Crippen LogP contribution in [0.1, 0.15) is 48.5 Å². The molecular weight excluding hydrogens is 222 g/mol. The molecule has 2 aliphatic rings. The SMILES string of the molecule is CCCN1CCCc2ccc(C(=O)C3CC3)cc21. The number of benzene rings is 1. The van der Waals surface area contributed by atoms with E-state index in [1.54, 1.807) is 0 Å². The van der Waals surface area contributed by atoms with Gasteiger partial charge in [0.1, 0.15) is 0 Å². The van der Waals surface area contributed by atoms with Gasteiger partial charge in [-0.2, -0.15) is 0 Å². The van der Waals surface area contributed by atoms with Crippen molar-refractivity contribution in [2.45, 2.75) is 39.0 Å². The average molecular weight is 243 g/mol. The summed E-state index contributed by atoms with van der Waals surface area (Å²) in [5.41, 5.74) is 3.66. The van der Waals surface area contributed by atoms with Crippen molar-refractivity contribution in [2.24, 2.45) is 5.92 Å². The van der Waals surface area contributed by atoms with Crippen molar-refractivity contribution in [1.82, 2.24) is 0 Å². The summed E-state index contributed by atoms with van der Waals surface area (Å²) >= 11 is 0. The Balaban J connectivity index is 1.91. The van der Waals surface area contributed by atoms with Crippen molar-refractivity contribution in [3.05, 3.63) is 29.3 Å². The summed E-state index contributed by atoms with van der Waals surface area (Å²) in [5.74, 6) is 0.686. The van der Waals surface area contributed by atoms with Crippen LogP contribution in [-0.4, -0.2) is 18.9 Å². The van der Waals surface area contributed by atoms with E-state index in [4.69, 9.17) is 0 Å². The maximum absolute atomic E-state index is 12.1. The second-order valence-corrected chi connectivity index (χ2v) is 5.57. The van der Waals surface area contributed by atoms with E-state index in [0.717, 1.165) is 37.9 Å². The van der Waals surface area contributed by atoms with Crippen LogP contribution >= 0.6 is 0 Å². The third kappa shape index (κ3) is 2.16. The number of aryl methyl sites for hydroxylation is 1. The number of hydrogen-bond donors (Lipinski definition) is 0. The minimum atomic E-state index is 0.325. The molecule has 18 heavy (non-hydrogen) atoms. The summed E-state index contributed by atoms with van der Waals surface area (Å²) in [6, 6.07) is 6.35. The molecule has 1 aromatic carbocycles. The molecule has 0 amide bonds. The molecule has 96 valence electrons. The van der Waals surface area contributed by atoms with Crippen molar-refractivity contribution in [3.8, 4) is 0 Å². The molecule has 1 heterocycles. The number of anilines is 1. The summed E-state index contributed by atoms with van der Waals surface area (Å²) in [4.78, 5) is 14.6. The zero-order valence-electron chi connectivity index (χ0n) is 11.1. The second-order valence-electron chi connectivity index (χ2n) is 5.57. The number of carbonyl (C=O) groups is 1. The predicted octanol–water partition coefficient (Wildman–Crippen LogP) is 3.44. The molecule has 2 heteroatoms. The van der Waals surface area contributed by atoms with Crippen LogP contribution in [0.2, 0.25) is 0 Å². The van der Waals surface area contributed by atoms with E-state index in [1.807, 2.05) is 6.07 Å². The number of rotatable bonds is 4. The lowest BCUT2D eigenvalue weighted by Gasteiger charge is -2.31. The number of fused-ring (bicyclic) bond motifs is 1. The Morgan fingerprint density at radius 2 is 2.22 bits per heavy atom. The molecule has 0 spiro atoms. The molecule has 0 radical (unpaired) electrons. The molecule has 2 nitrogen and oxygen atoms in total.